The van der Waals surface area contributed by atoms with E-state index in [-0.39, 0.29) is 23.4 Å². The minimum atomic E-state index is -0.709. The topological polar surface area (TPSA) is 102 Å². The Morgan fingerprint density at radius 1 is 1.10 bits per heavy atom. The smallest absolute Gasteiger partial charge is 0.338 e. The molecule has 1 heterocycles. The molecule has 29 heavy (non-hydrogen) atoms. The van der Waals surface area contributed by atoms with Gasteiger partial charge in [-0.15, -0.1) is 0 Å². The summed E-state index contributed by atoms with van der Waals surface area (Å²) in [4.78, 5) is 37.7. The second kappa shape index (κ2) is 9.18. The largest absolute Gasteiger partial charge is 0.462 e. The van der Waals surface area contributed by atoms with Crippen LogP contribution < -0.4 is 10.2 Å². The SMILES string of the molecule is CCOC(=O)c1cc(C(=O)Nc2ccccc2N2CCCCC2)cc([N+](=O)[O-])c1. The molecule has 0 radical (unpaired) electrons. The zero-order valence-electron chi connectivity index (χ0n) is 16.2. The van der Waals surface area contributed by atoms with E-state index in [2.05, 4.69) is 10.2 Å². The predicted molar refractivity (Wildman–Crippen MR) is 110 cm³/mol. The van der Waals surface area contributed by atoms with Crippen molar-refractivity contribution in [3.63, 3.8) is 0 Å². The summed E-state index contributed by atoms with van der Waals surface area (Å²) in [6.07, 6.45) is 3.38. The molecule has 1 aliphatic rings. The average Bonchev–Trinajstić information content (AvgIpc) is 2.74. The summed E-state index contributed by atoms with van der Waals surface area (Å²) in [7, 11) is 0. The van der Waals surface area contributed by atoms with Crippen LogP contribution in [0.3, 0.4) is 0 Å². The van der Waals surface area contributed by atoms with Crippen molar-refractivity contribution in [2.45, 2.75) is 26.2 Å². The third-order valence-corrected chi connectivity index (χ3v) is 4.75. The van der Waals surface area contributed by atoms with Crippen molar-refractivity contribution in [1.82, 2.24) is 0 Å². The zero-order valence-corrected chi connectivity index (χ0v) is 16.2. The molecule has 0 spiro atoms. The molecule has 0 aromatic heterocycles. The highest BCUT2D eigenvalue weighted by molar-refractivity contribution is 6.07. The number of nitro groups is 1. The Bertz CT molecular complexity index is 922. The molecular formula is C21H23N3O5. The Morgan fingerprint density at radius 3 is 2.48 bits per heavy atom. The fraction of sp³-hybridized carbons (Fsp3) is 0.333. The number of rotatable bonds is 6. The number of anilines is 2. The number of hydrogen-bond donors (Lipinski definition) is 1. The highest BCUT2D eigenvalue weighted by Gasteiger charge is 2.20. The van der Waals surface area contributed by atoms with Crippen LogP contribution in [0.15, 0.2) is 42.5 Å². The summed E-state index contributed by atoms with van der Waals surface area (Å²) in [6, 6.07) is 11.0. The number of nitrogens with zero attached hydrogens (tertiary/aromatic N) is 2. The quantitative estimate of drug-likeness (QED) is 0.449. The maximum Gasteiger partial charge on any atom is 0.338 e. The number of amides is 1. The van der Waals surface area contributed by atoms with Gasteiger partial charge in [-0.1, -0.05) is 12.1 Å². The Hall–Kier alpha value is -3.42. The van der Waals surface area contributed by atoms with E-state index in [4.69, 9.17) is 4.74 Å². The molecule has 2 aromatic rings. The van der Waals surface area contributed by atoms with Gasteiger partial charge in [-0.2, -0.15) is 0 Å². The van der Waals surface area contributed by atoms with Gasteiger partial charge in [0.1, 0.15) is 0 Å². The highest BCUT2D eigenvalue weighted by atomic mass is 16.6. The van der Waals surface area contributed by atoms with E-state index in [1.807, 2.05) is 18.2 Å². The van der Waals surface area contributed by atoms with E-state index in [1.165, 1.54) is 12.5 Å². The van der Waals surface area contributed by atoms with Gasteiger partial charge < -0.3 is 15.0 Å². The Balaban J connectivity index is 1.89. The molecule has 152 valence electrons. The van der Waals surface area contributed by atoms with Crippen LogP contribution in [0.25, 0.3) is 0 Å². The fourth-order valence-corrected chi connectivity index (χ4v) is 3.36. The van der Waals surface area contributed by atoms with E-state index in [9.17, 15) is 19.7 Å². The summed E-state index contributed by atoms with van der Waals surface area (Å²) in [5.74, 6) is -1.23. The number of hydrogen-bond acceptors (Lipinski definition) is 6. The number of benzene rings is 2. The third-order valence-electron chi connectivity index (χ3n) is 4.75. The molecule has 0 aliphatic carbocycles. The summed E-state index contributed by atoms with van der Waals surface area (Å²) in [5.41, 5.74) is 1.19. The number of non-ortho nitro benzene ring substituents is 1. The molecule has 0 bridgehead atoms. The van der Waals surface area contributed by atoms with E-state index < -0.39 is 16.8 Å². The van der Waals surface area contributed by atoms with Gasteiger partial charge in [-0.25, -0.2) is 4.79 Å². The van der Waals surface area contributed by atoms with Crippen LogP contribution in [0.2, 0.25) is 0 Å². The summed E-state index contributed by atoms with van der Waals surface area (Å²) in [6.45, 7) is 3.60. The van der Waals surface area contributed by atoms with Crippen LogP contribution in [0.1, 0.15) is 46.9 Å². The summed E-state index contributed by atoms with van der Waals surface area (Å²) in [5, 5.41) is 14.1. The first-order valence-electron chi connectivity index (χ1n) is 9.61. The second-order valence-electron chi connectivity index (χ2n) is 6.77. The standard InChI is InChI=1S/C21H23N3O5/c1-2-29-21(26)16-12-15(13-17(14-16)24(27)28)20(25)22-18-8-4-5-9-19(18)23-10-6-3-7-11-23/h4-5,8-9,12-14H,2-3,6-7,10-11H2,1H3,(H,22,25). The first-order valence-corrected chi connectivity index (χ1v) is 9.61. The lowest BCUT2D eigenvalue weighted by Gasteiger charge is -2.30. The lowest BCUT2D eigenvalue weighted by atomic mass is 10.1. The van der Waals surface area contributed by atoms with Gasteiger partial charge in [0.2, 0.25) is 0 Å². The van der Waals surface area contributed by atoms with Crippen LogP contribution in [-0.2, 0) is 4.74 Å². The van der Waals surface area contributed by atoms with Gasteiger partial charge in [-0.3, -0.25) is 14.9 Å². The monoisotopic (exact) mass is 397 g/mol. The Morgan fingerprint density at radius 2 is 1.79 bits per heavy atom. The van der Waals surface area contributed by atoms with Crippen molar-refractivity contribution < 1.29 is 19.2 Å². The number of nitro benzene ring substituents is 1. The number of para-hydroxylation sites is 2. The lowest BCUT2D eigenvalue weighted by Crippen LogP contribution is -2.30. The molecule has 0 atom stereocenters. The van der Waals surface area contributed by atoms with Gasteiger partial charge in [-0.05, 0) is 44.4 Å². The number of ether oxygens (including phenoxy) is 1. The number of carbonyl (C=O) groups excluding carboxylic acids is 2. The molecule has 3 rings (SSSR count). The fourth-order valence-electron chi connectivity index (χ4n) is 3.36. The van der Waals surface area contributed by atoms with Crippen LogP contribution in [0, 0.1) is 10.1 Å². The molecule has 1 saturated heterocycles. The van der Waals surface area contributed by atoms with E-state index in [0.717, 1.165) is 43.8 Å². The highest BCUT2D eigenvalue weighted by Crippen LogP contribution is 2.29. The van der Waals surface area contributed by atoms with Crippen molar-refractivity contribution in [1.29, 1.82) is 0 Å². The van der Waals surface area contributed by atoms with Crippen molar-refractivity contribution in [3.8, 4) is 0 Å². The van der Waals surface area contributed by atoms with Gasteiger partial charge >= 0.3 is 5.97 Å². The number of piperidine rings is 1. The third kappa shape index (κ3) is 4.90. The second-order valence-corrected chi connectivity index (χ2v) is 6.77. The molecule has 1 amide bonds. The van der Waals surface area contributed by atoms with Crippen LogP contribution in [0.5, 0.6) is 0 Å². The maximum absolute atomic E-state index is 12.9. The number of esters is 1. The van der Waals surface area contributed by atoms with Gasteiger partial charge in [0.25, 0.3) is 11.6 Å². The molecule has 8 heteroatoms. The lowest BCUT2D eigenvalue weighted by molar-refractivity contribution is -0.384. The normalized spacial score (nSPS) is 13.6. The van der Waals surface area contributed by atoms with Gasteiger partial charge in [0.15, 0.2) is 0 Å². The van der Waals surface area contributed by atoms with Crippen molar-refractivity contribution in [2.24, 2.45) is 0 Å². The van der Waals surface area contributed by atoms with Crippen molar-refractivity contribution in [3.05, 3.63) is 63.7 Å². The zero-order chi connectivity index (χ0) is 20.8. The van der Waals surface area contributed by atoms with Crippen LogP contribution in [0.4, 0.5) is 17.1 Å². The molecule has 0 unspecified atom stereocenters. The Kier molecular flexibility index (Phi) is 6.43. The van der Waals surface area contributed by atoms with E-state index >= 15 is 0 Å². The van der Waals surface area contributed by atoms with Crippen LogP contribution in [-0.4, -0.2) is 36.5 Å². The summed E-state index contributed by atoms with van der Waals surface area (Å²) < 4.78 is 4.91. The first kappa shape index (κ1) is 20.3. The van der Waals surface area contributed by atoms with Gasteiger partial charge in [0, 0.05) is 30.8 Å². The minimum absolute atomic E-state index is 0.0238. The Labute approximate surface area is 168 Å². The molecule has 8 nitrogen and oxygen atoms in total. The molecule has 1 aliphatic heterocycles. The van der Waals surface area contributed by atoms with Crippen LogP contribution >= 0.6 is 0 Å². The number of nitrogens with one attached hydrogen (secondary N) is 1. The van der Waals surface area contributed by atoms with Gasteiger partial charge in [0.05, 0.1) is 28.5 Å². The molecule has 2 aromatic carbocycles. The van der Waals surface area contributed by atoms with Crippen molar-refractivity contribution in [2.75, 3.05) is 29.9 Å². The predicted octanol–water partition coefficient (Wildman–Crippen LogP) is 4.01. The van der Waals surface area contributed by atoms with E-state index in [0.29, 0.717) is 5.69 Å². The minimum Gasteiger partial charge on any atom is -0.462 e. The summed E-state index contributed by atoms with van der Waals surface area (Å²) >= 11 is 0. The molecular weight excluding hydrogens is 374 g/mol. The molecule has 1 N–H and O–H groups in total. The maximum atomic E-state index is 12.9. The molecule has 0 saturated carbocycles. The van der Waals surface area contributed by atoms with E-state index in [1.54, 1.807) is 13.0 Å². The first-order chi connectivity index (χ1) is 14.0. The average molecular weight is 397 g/mol. The number of carbonyl (C=O) groups is 2. The molecule has 1 fully saturated rings. The van der Waals surface area contributed by atoms with Crippen molar-refractivity contribution >= 4 is 28.9 Å².